The quantitative estimate of drug-likeness (QED) is 0.708. The molecule has 0 aliphatic heterocycles. The van der Waals surface area contributed by atoms with E-state index in [9.17, 15) is 9.59 Å². The molecular formula is C24H28N4O2. The minimum absolute atomic E-state index is 0.0936. The molecule has 2 atom stereocenters. The Morgan fingerprint density at radius 3 is 2.50 bits per heavy atom. The van der Waals surface area contributed by atoms with Crippen LogP contribution in [0.5, 0.6) is 0 Å². The Morgan fingerprint density at radius 1 is 1.07 bits per heavy atom. The molecule has 4 fully saturated rings. The fraction of sp³-hybridized carbons (Fsp3) is 0.542. The minimum atomic E-state index is -0.258. The van der Waals surface area contributed by atoms with Crippen molar-refractivity contribution in [3.63, 3.8) is 0 Å². The van der Waals surface area contributed by atoms with Crippen molar-refractivity contribution in [3.05, 3.63) is 62.6 Å². The van der Waals surface area contributed by atoms with Crippen molar-refractivity contribution < 1.29 is 0 Å². The SMILES string of the molecule is CCCn1c(=O)n(Cc2ccccc2)c(=O)c2[nH]c(C34CC5CC(CC3C5)C4)nc21. The fourth-order valence-corrected chi connectivity index (χ4v) is 6.92. The molecule has 30 heavy (non-hydrogen) atoms. The molecule has 7 rings (SSSR count). The summed E-state index contributed by atoms with van der Waals surface area (Å²) in [6.07, 6.45) is 7.15. The highest BCUT2D eigenvalue weighted by Crippen LogP contribution is 2.65. The minimum Gasteiger partial charge on any atom is -0.336 e. The second-order valence-corrected chi connectivity index (χ2v) is 9.80. The molecule has 1 aromatic carbocycles. The number of H-pyrrole nitrogens is 1. The molecule has 4 aliphatic carbocycles. The van der Waals surface area contributed by atoms with Crippen LogP contribution in [-0.4, -0.2) is 19.1 Å². The van der Waals surface area contributed by atoms with Crippen molar-refractivity contribution in [1.29, 1.82) is 0 Å². The largest absolute Gasteiger partial charge is 0.336 e. The first-order chi connectivity index (χ1) is 14.6. The van der Waals surface area contributed by atoms with E-state index in [-0.39, 0.29) is 23.2 Å². The van der Waals surface area contributed by atoms with E-state index in [0.717, 1.165) is 29.6 Å². The summed E-state index contributed by atoms with van der Waals surface area (Å²) >= 11 is 0. The Balaban J connectivity index is 1.53. The average molecular weight is 405 g/mol. The molecule has 4 saturated carbocycles. The van der Waals surface area contributed by atoms with Crippen LogP contribution in [0.25, 0.3) is 11.2 Å². The Kier molecular flexibility index (Phi) is 3.89. The summed E-state index contributed by atoms with van der Waals surface area (Å²) < 4.78 is 3.07. The molecule has 0 amide bonds. The molecule has 4 bridgehead atoms. The highest BCUT2D eigenvalue weighted by atomic mass is 16.2. The van der Waals surface area contributed by atoms with Gasteiger partial charge in [-0.3, -0.25) is 13.9 Å². The number of nitrogens with one attached hydrogen (secondary N) is 1. The van der Waals surface area contributed by atoms with E-state index in [1.165, 1.54) is 36.7 Å². The van der Waals surface area contributed by atoms with Gasteiger partial charge >= 0.3 is 5.69 Å². The van der Waals surface area contributed by atoms with Gasteiger partial charge in [0.1, 0.15) is 11.3 Å². The third kappa shape index (κ3) is 2.45. The first-order valence-electron chi connectivity index (χ1n) is 11.4. The Bertz CT molecular complexity index is 1220. The highest BCUT2D eigenvalue weighted by Gasteiger charge is 2.59. The third-order valence-corrected chi connectivity index (χ3v) is 7.95. The first-order valence-corrected chi connectivity index (χ1v) is 11.4. The molecule has 3 aromatic rings. The van der Waals surface area contributed by atoms with E-state index in [2.05, 4.69) is 11.9 Å². The van der Waals surface area contributed by atoms with E-state index in [0.29, 0.717) is 23.6 Å². The number of aryl methyl sites for hydroxylation is 1. The zero-order valence-electron chi connectivity index (χ0n) is 17.4. The molecule has 0 radical (unpaired) electrons. The molecule has 1 N–H and O–H groups in total. The van der Waals surface area contributed by atoms with Crippen LogP contribution in [-0.2, 0) is 18.5 Å². The fourth-order valence-electron chi connectivity index (χ4n) is 6.92. The number of nitrogens with zero attached hydrogens (tertiary/aromatic N) is 3. The molecule has 4 aliphatic rings. The van der Waals surface area contributed by atoms with Gasteiger partial charge in [-0.2, -0.15) is 0 Å². The van der Waals surface area contributed by atoms with E-state index >= 15 is 0 Å². The maximum atomic E-state index is 13.4. The second kappa shape index (κ2) is 6.43. The van der Waals surface area contributed by atoms with Crippen LogP contribution in [0.2, 0.25) is 0 Å². The van der Waals surface area contributed by atoms with Gasteiger partial charge in [0, 0.05) is 12.0 Å². The van der Waals surface area contributed by atoms with Crippen LogP contribution in [0.3, 0.4) is 0 Å². The lowest BCUT2D eigenvalue weighted by atomic mass is 9.75. The normalized spacial score (nSPS) is 29.3. The van der Waals surface area contributed by atoms with Crippen molar-refractivity contribution in [1.82, 2.24) is 19.1 Å². The average Bonchev–Trinajstić information content (AvgIpc) is 3.37. The van der Waals surface area contributed by atoms with Crippen LogP contribution in [0.4, 0.5) is 0 Å². The van der Waals surface area contributed by atoms with Gasteiger partial charge in [-0.05, 0) is 61.8 Å². The molecule has 156 valence electrons. The predicted molar refractivity (Wildman–Crippen MR) is 116 cm³/mol. The van der Waals surface area contributed by atoms with Gasteiger partial charge < -0.3 is 4.98 Å². The Hall–Kier alpha value is -2.63. The van der Waals surface area contributed by atoms with Crippen molar-refractivity contribution in [2.75, 3.05) is 0 Å². The van der Waals surface area contributed by atoms with Gasteiger partial charge in [0.25, 0.3) is 5.56 Å². The first kappa shape index (κ1) is 18.2. The molecular weight excluding hydrogens is 376 g/mol. The van der Waals surface area contributed by atoms with Crippen LogP contribution in [0, 0.1) is 17.8 Å². The zero-order chi connectivity index (χ0) is 20.5. The van der Waals surface area contributed by atoms with Crippen LogP contribution in [0.1, 0.15) is 56.8 Å². The molecule has 2 heterocycles. The van der Waals surface area contributed by atoms with Crippen molar-refractivity contribution in [2.24, 2.45) is 17.8 Å². The summed E-state index contributed by atoms with van der Waals surface area (Å²) in [5.74, 6) is 3.26. The number of aromatic amines is 1. The number of fused-ring (bicyclic) bond motifs is 1. The number of hydrogen-bond donors (Lipinski definition) is 1. The summed E-state index contributed by atoms with van der Waals surface area (Å²) in [7, 11) is 0. The third-order valence-electron chi connectivity index (χ3n) is 7.95. The monoisotopic (exact) mass is 404 g/mol. The maximum Gasteiger partial charge on any atom is 0.333 e. The summed E-state index contributed by atoms with van der Waals surface area (Å²) in [6.45, 7) is 2.90. The van der Waals surface area contributed by atoms with Gasteiger partial charge in [-0.1, -0.05) is 37.3 Å². The number of benzene rings is 1. The summed E-state index contributed by atoms with van der Waals surface area (Å²) in [5.41, 5.74) is 1.58. The molecule has 0 spiro atoms. The number of rotatable bonds is 5. The molecule has 6 heteroatoms. The van der Waals surface area contributed by atoms with Gasteiger partial charge in [0.05, 0.1) is 6.54 Å². The van der Waals surface area contributed by atoms with Crippen molar-refractivity contribution in [3.8, 4) is 0 Å². The lowest BCUT2D eigenvalue weighted by Gasteiger charge is -2.30. The smallest absolute Gasteiger partial charge is 0.333 e. The second-order valence-electron chi connectivity index (χ2n) is 9.80. The van der Waals surface area contributed by atoms with Crippen molar-refractivity contribution in [2.45, 2.75) is 64.0 Å². The molecule has 0 saturated heterocycles. The van der Waals surface area contributed by atoms with E-state index in [4.69, 9.17) is 4.98 Å². The molecule has 6 nitrogen and oxygen atoms in total. The van der Waals surface area contributed by atoms with Crippen LogP contribution >= 0.6 is 0 Å². The number of aromatic nitrogens is 4. The Morgan fingerprint density at radius 2 is 1.80 bits per heavy atom. The summed E-state index contributed by atoms with van der Waals surface area (Å²) in [4.78, 5) is 35.1. The lowest BCUT2D eigenvalue weighted by molar-refractivity contribution is 0.262. The van der Waals surface area contributed by atoms with E-state index in [1.807, 2.05) is 30.3 Å². The van der Waals surface area contributed by atoms with Crippen LogP contribution < -0.4 is 11.2 Å². The molecule has 2 aromatic heterocycles. The maximum absolute atomic E-state index is 13.4. The summed E-state index contributed by atoms with van der Waals surface area (Å²) in [5, 5.41) is 0. The van der Waals surface area contributed by atoms with Gasteiger partial charge in [-0.15, -0.1) is 0 Å². The standard InChI is InChI=1S/C24H28N4O2/c1-2-8-27-20-19(21(29)28(23(27)30)14-15-6-4-3-5-7-15)25-22(26-20)24-12-16-9-17(13-24)11-18(24)10-16/h3-7,16-18H,2,8-14H2,1H3,(H,25,26). The summed E-state index contributed by atoms with van der Waals surface area (Å²) in [6, 6.07) is 9.71. The molecule has 2 unspecified atom stereocenters. The van der Waals surface area contributed by atoms with Gasteiger partial charge in [0.15, 0.2) is 5.65 Å². The number of hydrogen-bond acceptors (Lipinski definition) is 3. The van der Waals surface area contributed by atoms with E-state index in [1.54, 1.807) is 4.57 Å². The van der Waals surface area contributed by atoms with Crippen LogP contribution in [0.15, 0.2) is 39.9 Å². The lowest BCUT2D eigenvalue weighted by Crippen LogP contribution is -2.40. The number of imidazole rings is 1. The zero-order valence-corrected chi connectivity index (χ0v) is 17.4. The van der Waals surface area contributed by atoms with Gasteiger partial charge in [-0.25, -0.2) is 9.78 Å². The topological polar surface area (TPSA) is 72.7 Å². The highest BCUT2D eigenvalue weighted by molar-refractivity contribution is 5.70. The van der Waals surface area contributed by atoms with Gasteiger partial charge in [0.2, 0.25) is 0 Å². The van der Waals surface area contributed by atoms with E-state index < -0.39 is 0 Å². The predicted octanol–water partition coefficient (Wildman–Crippen LogP) is 3.42. The Labute approximate surface area is 175 Å². The van der Waals surface area contributed by atoms with Crippen molar-refractivity contribution >= 4 is 11.2 Å².